The largest absolute Gasteiger partial charge is 0.456 e. The lowest BCUT2D eigenvalue weighted by Crippen LogP contribution is -2.04. The molecular formula is C18H13F3O. The lowest BCUT2D eigenvalue weighted by Gasteiger charge is -2.08. The predicted molar refractivity (Wildman–Crippen MR) is 80.6 cm³/mol. The number of rotatable bonds is 3. The fraction of sp³-hybridized carbons (Fsp3) is 0.111. The fourth-order valence-electron chi connectivity index (χ4n) is 2.52. The molecule has 0 bridgehead atoms. The highest BCUT2D eigenvalue weighted by atomic mass is 19.4. The van der Waals surface area contributed by atoms with Crippen LogP contribution < -0.4 is 0 Å². The molecule has 0 spiro atoms. The minimum atomic E-state index is -4.37. The van der Waals surface area contributed by atoms with E-state index in [2.05, 4.69) is 6.58 Å². The minimum absolute atomic E-state index is 0.419. The van der Waals surface area contributed by atoms with Crippen molar-refractivity contribution in [1.82, 2.24) is 0 Å². The quantitative estimate of drug-likeness (QED) is 0.553. The van der Waals surface area contributed by atoms with E-state index in [1.165, 1.54) is 6.07 Å². The number of hydrogen-bond acceptors (Lipinski definition) is 1. The third-order valence-corrected chi connectivity index (χ3v) is 3.50. The van der Waals surface area contributed by atoms with Gasteiger partial charge in [0.1, 0.15) is 11.3 Å². The third kappa shape index (κ3) is 2.52. The number of alkyl halides is 3. The molecule has 0 atom stereocenters. The number of furan rings is 1. The first-order valence-corrected chi connectivity index (χ1v) is 6.79. The molecular weight excluding hydrogens is 289 g/mol. The maximum absolute atomic E-state index is 12.9. The molecule has 0 aliphatic heterocycles. The van der Waals surface area contributed by atoms with E-state index in [-0.39, 0.29) is 0 Å². The Labute approximate surface area is 125 Å². The van der Waals surface area contributed by atoms with Crippen LogP contribution in [0.1, 0.15) is 11.1 Å². The van der Waals surface area contributed by atoms with Crippen molar-refractivity contribution >= 4 is 11.0 Å². The van der Waals surface area contributed by atoms with Crippen LogP contribution in [0, 0.1) is 0 Å². The molecule has 2 aromatic carbocycles. The first-order valence-electron chi connectivity index (χ1n) is 6.79. The number of hydrogen-bond donors (Lipinski definition) is 0. The summed E-state index contributed by atoms with van der Waals surface area (Å²) in [6.45, 7) is 3.71. The van der Waals surface area contributed by atoms with Gasteiger partial charge in [-0.1, -0.05) is 36.4 Å². The zero-order chi connectivity index (χ0) is 15.7. The maximum Gasteiger partial charge on any atom is 0.416 e. The Bertz CT molecular complexity index is 828. The highest BCUT2D eigenvalue weighted by Gasteiger charge is 2.31. The molecule has 0 amide bonds. The summed E-state index contributed by atoms with van der Waals surface area (Å²) in [4.78, 5) is 0. The van der Waals surface area contributed by atoms with Gasteiger partial charge in [-0.15, -0.1) is 6.58 Å². The Morgan fingerprint density at radius 3 is 2.55 bits per heavy atom. The summed E-state index contributed by atoms with van der Waals surface area (Å²) >= 11 is 0. The van der Waals surface area contributed by atoms with E-state index >= 15 is 0 Å². The molecule has 1 aromatic heterocycles. The molecule has 3 rings (SSSR count). The van der Waals surface area contributed by atoms with Crippen molar-refractivity contribution in [3.63, 3.8) is 0 Å². The van der Waals surface area contributed by atoms with E-state index in [1.54, 1.807) is 18.2 Å². The van der Waals surface area contributed by atoms with E-state index in [1.807, 2.05) is 18.2 Å². The number of halogens is 3. The van der Waals surface area contributed by atoms with Crippen molar-refractivity contribution < 1.29 is 17.6 Å². The number of allylic oxidation sites excluding steroid dienone is 1. The second kappa shape index (κ2) is 5.37. The smallest absolute Gasteiger partial charge is 0.416 e. The molecule has 0 aliphatic carbocycles. The number of benzene rings is 2. The third-order valence-electron chi connectivity index (χ3n) is 3.50. The zero-order valence-electron chi connectivity index (χ0n) is 11.7. The molecule has 4 heteroatoms. The Morgan fingerprint density at radius 2 is 1.82 bits per heavy atom. The maximum atomic E-state index is 12.9. The van der Waals surface area contributed by atoms with Gasteiger partial charge < -0.3 is 4.42 Å². The highest BCUT2D eigenvalue weighted by Crippen LogP contribution is 2.37. The topological polar surface area (TPSA) is 13.1 Å². The first kappa shape index (κ1) is 14.4. The van der Waals surface area contributed by atoms with Gasteiger partial charge in [0.15, 0.2) is 0 Å². The van der Waals surface area contributed by atoms with Crippen molar-refractivity contribution in [2.75, 3.05) is 0 Å². The normalized spacial score (nSPS) is 11.8. The SMILES string of the molecule is C=CCc1c(-c2cccc(C(F)(F)F)c2)oc2ccccc12. The molecule has 1 heterocycles. The fourth-order valence-corrected chi connectivity index (χ4v) is 2.52. The Hall–Kier alpha value is -2.49. The molecule has 0 fully saturated rings. The molecule has 112 valence electrons. The summed E-state index contributed by atoms with van der Waals surface area (Å²) in [6.07, 6.45) is -2.13. The van der Waals surface area contributed by atoms with E-state index < -0.39 is 11.7 Å². The van der Waals surface area contributed by atoms with Crippen LogP contribution in [-0.4, -0.2) is 0 Å². The summed E-state index contributed by atoms with van der Waals surface area (Å²) in [5.74, 6) is 0.465. The Morgan fingerprint density at radius 1 is 1.05 bits per heavy atom. The van der Waals surface area contributed by atoms with Crippen molar-refractivity contribution in [3.05, 3.63) is 72.3 Å². The summed E-state index contributed by atoms with van der Waals surface area (Å²) < 4.78 is 44.5. The second-order valence-electron chi connectivity index (χ2n) is 4.98. The van der Waals surface area contributed by atoms with Gasteiger partial charge in [0, 0.05) is 16.5 Å². The molecule has 0 radical (unpaired) electrons. The van der Waals surface area contributed by atoms with Gasteiger partial charge in [-0.25, -0.2) is 0 Å². The molecule has 0 saturated carbocycles. The first-order chi connectivity index (χ1) is 10.5. The highest BCUT2D eigenvalue weighted by molar-refractivity contribution is 5.88. The summed E-state index contributed by atoms with van der Waals surface area (Å²) in [6, 6.07) is 12.6. The van der Waals surface area contributed by atoms with Crippen LogP contribution >= 0.6 is 0 Å². The number of fused-ring (bicyclic) bond motifs is 1. The van der Waals surface area contributed by atoms with Gasteiger partial charge in [0.05, 0.1) is 5.56 Å². The van der Waals surface area contributed by atoms with Crippen molar-refractivity contribution in [3.8, 4) is 11.3 Å². The molecule has 0 unspecified atom stereocenters. The minimum Gasteiger partial charge on any atom is -0.456 e. The average molecular weight is 302 g/mol. The molecule has 1 nitrogen and oxygen atoms in total. The van der Waals surface area contributed by atoms with Crippen LogP contribution in [0.25, 0.3) is 22.3 Å². The predicted octanol–water partition coefficient (Wildman–Crippen LogP) is 5.85. The van der Waals surface area contributed by atoms with Gasteiger partial charge in [-0.2, -0.15) is 13.2 Å². The van der Waals surface area contributed by atoms with Crippen LogP contribution in [0.2, 0.25) is 0 Å². The van der Waals surface area contributed by atoms with E-state index in [9.17, 15) is 13.2 Å². The van der Waals surface area contributed by atoms with Crippen molar-refractivity contribution in [1.29, 1.82) is 0 Å². The lowest BCUT2D eigenvalue weighted by molar-refractivity contribution is -0.137. The van der Waals surface area contributed by atoms with Crippen LogP contribution in [0.3, 0.4) is 0 Å². The van der Waals surface area contributed by atoms with E-state index in [0.29, 0.717) is 23.3 Å². The molecule has 0 aliphatic rings. The zero-order valence-corrected chi connectivity index (χ0v) is 11.7. The van der Waals surface area contributed by atoms with Crippen LogP contribution in [-0.2, 0) is 12.6 Å². The summed E-state index contributed by atoms with van der Waals surface area (Å²) in [5, 5.41) is 0.898. The van der Waals surface area contributed by atoms with Crippen LogP contribution in [0.5, 0.6) is 0 Å². The molecule has 0 N–H and O–H groups in total. The van der Waals surface area contributed by atoms with E-state index in [4.69, 9.17) is 4.42 Å². The Balaban J connectivity index is 2.21. The van der Waals surface area contributed by atoms with Gasteiger partial charge in [-0.3, -0.25) is 0 Å². The molecule has 3 aromatic rings. The van der Waals surface area contributed by atoms with Crippen molar-refractivity contribution in [2.45, 2.75) is 12.6 Å². The Kier molecular flexibility index (Phi) is 3.53. The van der Waals surface area contributed by atoms with Gasteiger partial charge in [0.25, 0.3) is 0 Å². The molecule has 0 saturated heterocycles. The molecule has 22 heavy (non-hydrogen) atoms. The lowest BCUT2D eigenvalue weighted by atomic mass is 10.0. The van der Waals surface area contributed by atoms with E-state index in [0.717, 1.165) is 23.1 Å². The van der Waals surface area contributed by atoms with Crippen LogP contribution in [0.15, 0.2) is 65.6 Å². The van der Waals surface area contributed by atoms with Crippen molar-refractivity contribution in [2.24, 2.45) is 0 Å². The monoisotopic (exact) mass is 302 g/mol. The van der Waals surface area contributed by atoms with Gasteiger partial charge in [0.2, 0.25) is 0 Å². The second-order valence-corrected chi connectivity index (χ2v) is 4.98. The van der Waals surface area contributed by atoms with Gasteiger partial charge in [-0.05, 0) is 24.6 Å². The number of para-hydroxylation sites is 1. The van der Waals surface area contributed by atoms with Gasteiger partial charge >= 0.3 is 6.18 Å². The van der Waals surface area contributed by atoms with Crippen LogP contribution in [0.4, 0.5) is 13.2 Å². The summed E-state index contributed by atoms with van der Waals surface area (Å²) in [5.41, 5.74) is 1.24. The average Bonchev–Trinajstić information content (AvgIpc) is 2.86. The standard InChI is InChI=1S/C18H13F3O/c1-2-6-15-14-9-3-4-10-16(14)22-17(15)12-7-5-8-13(11-12)18(19,20)21/h2-5,7-11H,1,6H2. The summed E-state index contributed by atoms with van der Waals surface area (Å²) in [7, 11) is 0.